The van der Waals surface area contributed by atoms with E-state index >= 15 is 0 Å². The number of thiazole rings is 1. The van der Waals surface area contributed by atoms with Crippen LogP contribution in [0.1, 0.15) is 10.4 Å². The summed E-state index contributed by atoms with van der Waals surface area (Å²) < 4.78 is 25.9. The van der Waals surface area contributed by atoms with E-state index in [4.69, 9.17) is 0 Å². The molecule has 0 fully saturated rings. The van der Waals surface area contributed by atoms with Gasteiger partial charge in [-0.3, -0.25) is 4.98 Å². The molecule has 84 valence electrons. The summed E-state index contributed by atoms with van der Waals surface area (Å²) in [7, 11) is 0. The third-order valence-corrected chi connectivity index (χ3v) is 2.89. The predicted molar refractivity (Wildman–Crippen MR) is 59.0 cm³/mol. The zero-order valence-electron chi connectivity index (χ0n) is 8.41. The number of aromatic nitrogens is 1. The lowest BCUT2D eigenvalue weighted by Gasteiger charge is -2.04. The Morgan fingerprint density at radius 1 is 1.25 bits per heavy atom. The van der Waals surface area contributed by atoms with Crippen LogP contribution in [0, 0.1) is 11.6 Å². The van der Waals surface area contributed by atoms with Crippen LogP contribution in [-0.4, -0.2) is 4.98 Å². The lowest BCUT2D eigenvalue weighted by molar-refractivity contribution is 0.560. The molecule has 0 aliphatic rings. The van der Waals surface area contributed by atoms with Gasteiger partial charge in [-0.1, -0.05) is 6.07 Å². The standard InChI is InChI=1S/C11H10F2N2S/c12-9-2-1-8(11(13)3-9)4-14-5-10-6-15-7-16-10/h1-3,6-7,14H,4-5H2. The van der Waals surface area contributed by atoms with E-state index in [1.54, 1.807) is 11.7 Å². The van der Waals surface area contributed by atoms with E-state index in [2.05, 4.69) is 10.3 Å². The molecule has 0 atom stereocenters. The zero-order valence-corrected chi connectivity index (χ0v) is 9.23. The van der Waals surface area contributed by atoms with Gasteiger partial charge in [0.1, 0.15) is 11.6 Å². The van der Waals surface area contributed by atoms with Crippen molar-refractivity contribution in [2.45, 2.75) is 13.1 Å². The van der Waals surface area contributed by atoms with Crippen LogP contribution in [0.5, 0.6) is 0 Å². The van der Waals surface area contributed by atoms with Crippen molar-refractivity contribution >= 4 is 11.3 Å². The Kier molecular flexibility index (Phi) is 3.58. The summed E-state index contributed by atoms with van der Waals surface area (Å²) in [5.74, 6) is -1.07. The molecule has 0 aliphatic heterocycles. The highest BCUT2D eigenvalue weighted by atomic mass is 32.1. The highest BCUT2D eigenvalue weighted by Gasteiger charge is 2.03. The lowest BCUT2D eigenvalue weighted by atomic mass is 10.2. The van der Waals surface area contributed by atoms with Crippen molar-refractivity contribution in [3.05, 3.63) is 52.0 Å². The van der Waals surface area contributed by atoms with Gasteiger partial charge in [-0.05, 0) is 6.07 Å². The van der Waals surface area contributed by atoms with Crippen molar-refractivity contribution in [1.29, 1.82) is 0 Å². The minimum Gasteiger partial charge on any atom is -0.308 e. The van der Waals surface area contributed by atoms with E-state index in [1.807, 2.05) is 0 Å². The summed E-state index contributed by atoms with van der Waals surface area (Å²) >= 11 is 1.54. The van der Waals surface area contributed by atoms with Gasteiger partial charge < -0.3 is 5.32 Å². The van der Waals surface area contributed by atoms with Gasteiger partial charge in [0, 0.05) is 35.8 Å². The normalized spacial score (nSPS) is 10.6. The maximum atomic E-state index is 13.2. The Balaban J connectivity index is 1.90. The van der Waals surface area contributed by atoms with Crippen LogP contribution in [0.4, 0.5) is 8.78 Å². The molecule has 0 amide bonds. The fourth-order valence-corrected chi connectivity index (χ4v) is 1.88. The monoisotopic (exact) mass is 240 g/mol. The molecule has 5 heteroatoms. The third kappa shape index (κ3) is 2.84. The molecule has 0 spiro atoms. The number of hydrogen-bond acceptors (Lipinski definition) is 3. The van der Waals surface area contributed by atoms with Gasteiger partial charge in [-0.15, -0.1) is 11.3 Å². The molecule has 2 aromatic rings. The molecule has 16 heavy (non-hydrogen) atoms. The summed E-state index contributed by atoms with van der Waals surface area (Å²) in [6.07, 6.45) is 1.76. The number of nitrogens with zero attached hydrogens (tertiary/aromatic N) is 1. The molecule has 0 unspecified atom stereocenters. The van der Waals surface area contributed by atoms with Crippen LogP contribution >= 0.6 is 11.3 Å². The van der Waals surface area contributed by atoms with Gasteiger partial charge in [0.2, 0.25) is 0 Å². The molecule has 0 radical (unpaired) electrons. The first-order valence-electron chi connectivity index (χ1n) is 4.78. The SMILES string of the molecule is Fc1ccc(CNCc2cncs2)c(F)c1. The summed E-state index contributed by atoms with van der Waals surface area (Å²) in [4.78, 5) is 5.02. The summed E-state index contributed by atoms with van der Waals surface area (Å²) in [6.45, 7) is 1.02. The molecular formula is C11H10F2N2S. The van der Waals surface area contributed by atoms with Gasteiger partial charge >= 0.3 is 0 Å². The maximum absolute atomic E-state index is 13.2. The van der Waals surface area contributed by atoms with Crippen molar-refractivity contribution < 1.29 is 8.78 Å². The molecule has 1 heterocycles. The number of nitrogens with one attached hydrogen (secondary N) is 1. The number of halogens is 2. The molecule has 1 aromatic carbocycles. The Bertz CT molecular complexity index is 457. The molecule has 0 bridgehead atoms. The smallest absolute Gasteiger partial charge is 0.130 e. The van der Waals surface area contributed by atoms with Crippen LogP contribution < -0.4 is 5.32 Å². The van der Waals surface area contributed by atoms with Crippen LogP contribution in [0.25, 0.3) is 0 Å². The molecule has 1 N–H and O–H groups in total. The fraction of sp³-hybridized carbons (Fsp3) is 0.182. The van der Waals surface area contributed by atoms with E-state index in [0.29, 0.717) is 18.7 Å². The highest BCUT2D eigenvalue weighted by Crippen LogP contribution is 2.10. The van der Waals surface area contributed by atoms with Crippen molar-refractivity contribution in [1.82, 2.24) is 10.3 Å². The Hall–Kier alpha value is -1.33. The third-order valence-electron chi connectivity index (χ3n) is 2.11. The lowest BCUT2D eigenvalue weighted by Crippen LogP contribution is -2.13. The van der Waals surface area contributed by atoms with E-state index < -0.39 is 11.6 Å². The average Bonchev–Trinajstić information content (AvgIpc) is 2.74. The maximum Gasteiger partial charge on any atom is 0.130 e. The number of benzene rings is 1. The zero-order chi connectivity index (χ0) is 11.4. The fourth-order valence-electron chi connectivity index (χ4n) is 1.31. The molecule has 2 rings (SSSR count). The van der Waals surface area contributed by atoms with Crippen molar-refractivity contribution in [2.24, 2.45) is 0 Å². The summed E-state index contributed by atoms with van der Waals surface area (Å²) in [5, 5.41) is 3.07. The van der Waals surface area contributed by atoms with Crippen molar-refractivity contribution in [3.63, 3.8) is 0 Å². The molecule has 1 aromatic heterocycles. The highest BCUT2D eigenvalue weighted by molar-refractivity contribution is 7.09. The van der Waals surface area contributed by atoms with Gasteiger partial charge in [0.15, 0.2) is 0 Å². The summed E-state index contributed by atoms with van der Waals surface area (Å²) in [5.41, 5.74) is 2.21. The largest absolute Gasteiger partial charge is 0.308 e. The van der Waals surface area contributed by atoms with Crippen molar-refractivity contribution in [3.8, 4) is 0 Å². The van der Waals surface area contributed by atoms with E-state index in [1.165, 1.54) is 23.5 Å². The summed E-state index contributed by atoms with van der Waals surface area (Å²) in [6, 6.07) is 3.60. The average molecular weight is 240 g/mol. The minimum atomic E-state index is -0.552. The number of rotatable bonds is 4. The molecule has 0 saturated carbocycles. The van der Waals surface area contributed by atoms with Gasteiger partial charge in [0.05, 0.1) is 5.51 Å². The second-order valence-corrected chi connectivity index (χ2v) is 4.28. The molecule has 2 nitrogen and oxygen atoms in total. The Morgan fingerprint density at radius 2 is 2.12 bits per heavy atom. The Labute approximate surface area is 96.0 Å². The Morgan fingerprint density at radius 3 is 2.81 bits per heavy atom. The van der Waals surface area contributed by atoms with Gasteiger partial charge in [0.25, 0.3) is 0 Å². The van der Waals surface area contributed by atoms with E-state index in [-0.39, 0.29) is 0 Å². The van der Waals surface area contributed by atoms with Crippen LogP contribution in [-0.2, 0) is 13.1 Å². The van der Waals surface area contributed by atoms with Gasteiger partial charge in [-0.25, -0.2) is 8.78 Å². The quantitative estimate of drug-likeness (QED) is 0.888. The molecule has 0 aliphatic carbocycles. The van der Waals surface area contributed by atoms with Crippen molar-refractivity contribution in [2.75, 3.05) is 0 Å². The second-order valence-electron chi connectivity index (χ2n) is 3.31. The first-order chi connectivity index (χ1) is 7.75. The predicted octanol–water partition coefficient (Wildman–Crippen LogP) is 2.71. The molecule has 0 saturated heterocycles. The van der Waals surface area contributed by atoms with Crippen LogP contribution in [0.2, 0.25) is 0 Å². The van der Waals surface area contributed by atoms with E-state index in [0.717, 1.165) is 10.9 Å². The van der Waals surface area contributed by atoms with Crippen LogP contribution in [0.15, 0.2) is 29.9 Å². The first kappa shape index (κ1) is 11.2. The van der Waals surface area contributed by atoms with E-state index in [9.17, 15) is 8.78 Å². The molecular weight excluding hydrogens is 230 g/mol. The first-order valence-corrected chi connectivity index (χ1v) is 5.65. The minimum absolute atomic E-state index is 0.379. The van der Waals surface area contributed by atoms with Crippen LogP contribution in [0.3, 0.4) is 0 Å². The van der Waals surface area contributed by atoms with Gasteiger partial charge in [-0.2, -0.15) is 0 Å². The number of hydrogen-bond donors (Lipinski definition) is 1. The second kappa shape index (κ2) is 5.14. The topological polar surface area (TPSA) is 24.9 Å².